The van der Waals surface area contributed by atoms with E-state index in [1.54, 1.807) is 10.9 Å². The van der Waals surface area contributed by atoms with Gasteiger partial charge in [-0.3, -0.25) is 4.79 Å². The average Bonchev–Trinajstić information content (AvgIpc) is 3.29. The van der Waals surface area contributed by atoms with Gasteiger partial charge in [0.25, 0.3) is 5.91 Å². The summed E-state index contributed by atoms with van der Waals surface area (Å²) in [7, 11) is 0. The Labute approximate surface area is 176 Å². The number of carbonyl (C=O) groups excluding carboxylic acids is 1. The molecular formula is C25H24N4O. The van der Waals surface area contributed by atoms with Crippen molar-refractivity contribution in [1.82, 2.24) is 20.3 Å². The molecule has 1 heterocycles. The van der Waals surface area contributed by atoms with Crippen LogP contribution in [0.4, 0.5) is 0 Å². The third kappa shape index (κ3) is 4.81. The molecule has 4 aromatic rings. The van der Waals surface area contributed by atoms with E-state index in [9.17, 15) is 4.79 Å². The number of aryl methyl sites for hydroxylation is 1. The SMILES string of the molecule is O=C(NCCCc1ccccc1)c1cn(C(c2ccccc2)c2ccccc2)nn1. The Morgan fingerprint density at radius 3 is 2.00 bits per heavy atom. The van der Waals surface area contributed by atoms with E-state index in [1.165, 1.54) is 5.56 Å². The summed E-state index contributed by atoms with van der Waals surface area (Å²) in [6.07, 6.45) is 3.52. The predicted octanol–water partition coefficient (Wildman–Crippen LogP) is 4.28. The summed E-state index contributed by atoms with van der Waals surface area (Å²) < 4.78 is 1.75. The second-order valence-corrected chi connectivity index (χ2v) is 7.15. The molecule has 0 unspecified atom stereocenters. The predicted molar refractivity (Wildman–Crippen MR) is 117 cm³/mol. The van der Waals surface area contributed by atoms with Gasteiger partial charge in [0.2, 0.25) is 0 Å². The van der Waals surface area contributed by atoms with Gasteiger partial charge in [0.05, 0.1) is 6.20 Å². The summed E-state index contributed by atoms with van der Waals surface area (Å²) in [5, 5.41) is 11.3. The molecule has 0 bridgehead atoms. The van der Waals surface area contributed by atoms with E-state index >= 15 is 0 Å². The van der Waals surface area contributed by atoms with Gasteiger partial charge in [-0.15, -0.1) is 5.10 Å². The molecule has 1 amide bonds. The van der Waals surface area contributed by atoms with E-state index in [-0.39, 0.29) is 11.9 Å². The number of hydrogen-bond donors (Lipinski definition) is 1. The molecule has 5 nitrogen and oxygen atoms in total. The van der Waals surface area contributed by atoms with Crippen LogP contribution < -0.4 is 5.32 Å². The minimum atomic E-state index is -0.200. The lowest BCUT2D eigenvalue weighted by Gasteiger charge is -2.17. The van der Waals surface area contributed by atoms with Crippen LogP contribution in [0.25, 0.3) is 0 Å². The summed E-state index contributed by atoms with van der Waals surface area (Å²) >= 11 is 0. The van der Waals surface area contributed by atoms with Crippen LogP contribution in [0, 0.1) is 0 Å². The molecule has 3 aromatic carbocycles. The van der Waals surface area contributed by atoms with Crippen LogP contribution in [0.2, 0.25) is 0 Å². The first-order chi connectivity index (χ1) is 14.8. The highest BCUT2D eigenvalue weighted by Gasteiger charge is 2.19. The smallest absolute Gasteiger partial charge is 0.273 e. The van der Waals surface area contributed by atoms with Gasteiger partial charge in [-0.25, -0.2) is 4.68 Å². The fraction of sp³-hybridized carbons (Fsp3) is 0.160. The highest BCUT2D eigenvalue weighted by molar-refractivity contribution is 5.91. The maximum atomic E-state index is 12.5. The molecule has 0 aliphatic heterocycles. The lowest BCUT2D eigenvalue weighted by molar-refractivity contribution is 0.0948. The van der Waals surface area contributed by atoms with Crippen molar-refractivity contribution in [2.24, 2.45) is 0 Å². The molecule has 150 valence electrons. The quantitative estimate of drug-likeness (QED) is 0.452. The Morgan fingerprint density at radius 2 is 1.40 bits per heavy atom. The van der Waals surface area contributed by atoms with E-state index in [0.29, 0.717) is 12.2 Å². The Balaban J connectivity index is 1.44. The van der Waals surface area contributed by atoms with Gasteiger partial charge in [0.15, 0.2) is 5.69 Å². The standard InChI is InChI=1S/C25H24N4O/c30-25(26-18-10-13-20-11-4-1-5-12-20)23-19-29(28-27-23)24(21-14-6-2-7-15-21)22-16-8-3-9-17-22/h1-9,11-12,14-17,19,24H,10,13,18H2,(H,26,30). The van der Waals surface area contributed by atoms with Gasteiger partial charge >= 0.3 is 0 Å². The summed E-state index contributed by atoms with van der Waals surface area (Å²) in [4.78, 5) is 12.5. The van der Waals surface area contributed by atoms with Crippen molar-refractivity contribution in [1.29, 1.82) is 0 Å². The van der Waals surface area contributed by atoms with Crippen molar-refractivity contribution in [2.75, 3.05) is 6.54 Å². The molecule has 0 aliphatic rings. The van der Waals surface area contributed by atoms with Crippen molar-refractivity contribution in [2.45, 2.75) is 18.9 Å². The summed E-state index contributed by atoms with van der Waals surface area (Å²) in [5.41, 5.74) is 3.77. The van der Waals surface area contributed by atoms with E-state index in [4.69, 9.17) is 0 Å². The molecule has 30 heavy (non-hydrogen) atoms. The maximum absolute atomic E-state index is 12.5. The van der Waals surface area contributed by atoms with Gasteiger partial charge < -0.3 is 5.32 Å². The Bertz CT molecular complexity index is 1020. The number of hydrogen-bond acceptors (Lipinski definition) is 3. The van der Waals surface area contributed by atoms with E-state index in [2.05, 4.69) is 52.0 Å². The molecule has 0 atom stereocenters. The minimum absolute atomic E-state index is 0.139. The first-order valence-corrected chi connectivity index (χ1v) is 10.1. The number of rotatable bonds is 8. The molecule has 0 spiro atoms. The molecule has 0 aliphatic carbocycles. The average molecular weight is 396 g/mol. The zero-order chi connectivity index (χ0) is 20.6. The second-order valence-electron chi connectivity index (χ2n) is 7.15. The number of nitrogens with zero attached hydrogens (tertiary/aromatic N) is 3. The summed E-state index contributed by atoms with van der Waals surface area (Å²) in [5.74, 6) is -0.200. The third-order valence-corrected chi connectivity index (χ3v) is 5.01. The van der Waals surface area contributed by atoms with E-state index in [1.807, 2.05) is 54.6 Å². The van der Waals surface area contributed by atoms with Gasteiger partial charge in [-0.05, 0) is 29.5 Å². The molecule has 0 saturated heterocycles. The molecule has 0 saturated carbocycles. The normalized spacial score (nSPS) is 10.8. The third-order valence-electron chi connectivity index (χ3n) is 5.01. The van der Waals surface area contributed by atoms with Crippen LogP contribution in [0.15, 0.2) is 97.2 Å². The topological polar surface area (TPSA) is 59.8 Å². The first kappa shape index (κ1) is 19.6. The molecule has 0 fully saturated rings. The van der Waals surface area contributed by atoms with Crippen LogP contribution in [-0.2, 0) is 6.42 Å². The Kier molecular flexibility index (Phi) is 6.30. The Morgan fingerprint density at radius 1 is 0.833 bits per heavy atom. The van der Waals surface area contributed by atoms with E-state index in [0.717, 1.165) is 24.0 Å². The molecule has 0 radical (unpaired) electrons. The second kappa shape index (κ2) is 9.65. The van der Waals surface area contributed by atoms with Crippen molar-refractivity contribution in [3.63, 3.8) is 0 Å². The van der Waals surface area contributed by atoms with Crippen molar-refractivity contribution in [3.8, 4) is 0 Å². The van der Waals surface area contributed by atoms with Crippen LogP contribution >= 0.6 is 0 Å². The molecule has 1 aromatic heterocycles. The van der Waals surface area contributed by atoms with Gasteiger partial charge in [-0.2, -0.15) is 0 Å². The molecular weight excluding hydrogens is 372 g/mol. The van der Waals surface area contributed by atoms with Crippen LogP contribution in [0.1, 0.15) is 39.6 Å². The highest BCUT2D eigenvalue weighted by Crippen LogP contribution is 2.25. The summed E-state index contributed by atoms with van der Waals surface area (Å²) in [6.45, 7) is 0.599. The van der Waals surface area contributed by atoms with Gasteiger partial charge in [0.1, 0.15) is 6.04 Å². The van der Waals surface area contributed by atoms with Gasteiger partial charge in [-0.1, -0.05) is 96.2 Å². The first-order valence-electron chi connectivity index (χ1n) is 10.1. The molecule has 5 heteroatoms. The number of benzene rings is 3. The van der Waals surface area contributed by atoms with Gasteiger partial charge in [0, 0.05) is 6.54 Å². The number of amides is 1. The monoisotopic (exact) mass is 396 g/mol. The van der Waals surface area contributed by atoms with E-state index < -0.39 is 0 Å². The maximum Gasteiger partial charge on any atom is 0.273 e. The zero-order valence-corrected chi connectivity index (χ0v) is 16.7. The van der Waals surface area contributed by atoms with Crippen molar-refractivity contribution < 1.29 is 4.79 Å². The van der Waals surface area contributed by atoms with Crippen LogP contribution in [-0.4, -0.2) is 27.4 Å². The Hall–Kier alpha value is -3.73. The minimum Gasteiger partial charge on any atom is -0.351 e. The zero-order valence-electron chi connectivity index (χ0n) is 16.7. The molecule has 4 rings (SSSR count). The fourth-order valence-electron chi connectivity index (χ4n) is 3.51. The van der Waals surface area contributed by atoms with Crippen molar-refractivity contribution >= 4 is 5.91 Å². The summed E-state index contributed by atoms with van der Waals surface area (Å²) in [6, 6.07) is 30.3. The molecule has 1 N–H and O–H groups in total. The van der Waals surface area contributed by atoms with Crippen LogP contribution in [0.3, 0.4) is 0 Å². The lowest BCUT2D eigenvalue weighted by atomic mass is 9.99. The number of carbonyl (C=O) groups is 1. The lowest BCUT2D eigenvalue weighted by Crippen LogP contribution is -2.25. The number of nitrogens with one attached hydrogen (secondary N) is 1. The highest BCUT2D eigenvalue weighted by atomic mass is 16.2. The van der Waals surface area contributed by atoms with Crippen LogP contribution in [0.5, 0.6) is 0 Å². The number of aromatic nitrogens is 3. The van der Waals surface area contributed by atoms with Crippen molar-refractivity contribution in [3.05, 3.63) is 120 Å². The fourth-order valence-corrected chi connectivity index (χ4v) is 3.51. The largest absolute Gasteiger partial charge is 0.351 e.